The first-order valence-electron chi connectivity index (χ1n) is 8.26. The van der Waals surface area contributed by atoms with Gasteiger partial charge in [0.2, 0.25) is 0 Å². The second-order valence-electron chi connectivity index (χ2n) is 5.63. The van der Waals surface area contributed by atoms with Gasteiger partial charge in [0.25, 0.3) is 5.91 Å². The predicted octanol–water partition coefficient (Wildman–Crippen LogP) is 3.47. The van der Waals surface area contributed by atoms with Gasteiger partial charge in [0, 0.05) is 11.3 Å². The molecule has 0 spiro atoms. The van der Waals surface area contributed by atoms with E-state index < -0.39 is 12.1 Å². The average Bonchev–Trinajstić information content (AvgIpc) is 2.62. The number of benzene rings is 2. The first-order chi connectivity index (χ1) is 12.4. The Labute approximate surface area is 152 Å². The number of ether oxygens (including phenoxy) is 2. The largest absolute Gasteiger partial charge is 0.481 e. The van der Waals surface area contributed by atoms with Crippen molar-refractivity contribution < 1.29 is 23.9 Å². The topological polar surface area (TPSA) is 81.7 Å². The summed E-state index contributed by atoms with van der Waals surface area (Å²) < 4.78 is 10.5. The van der Waals surface area contributed by atoms with Crippen molar-refractivity contribution in [3.8, 4) is 5.75 Å². The smallest absolute Gasteiger partial charge is 0.338 e. The standard InChI is InChI=1S/C20H21NO5/c1-4-25-20(24)16-6-5-7-18(12-16)26-14(3)19(23)21-17-10-8-15(9-11-17)13(2)22/h5-12,14H,4H2,1-3H3,(H,21,23)/t14-/m0/s1. The summed E-state index contributed by atoms with van der Waals surface area (Å²) in [6.45, 7) is 5.10. The Kier molecular flexibility index (Phi) is 6.49. The predicted molar refractivity (Wildman–Crippen MR) is 97.6 cm³/mol. The first kappa shape index (κ1) is 19.2. The molecule has 0 saturated carbocycles. The van der Waals surface area contributed by atoms with E-state index in [1.165, 1.54) is 13.0 Å². The van der Waals surface area contributed by atoms with Gasteiger partial charge in [0.05, 0.1) is 12.2 Å². The van der Waals surface area contributed by atoms with E-state index in [1.54, 1.807) is 56.3 Å². The molecule has 2 aromatic rings. The number of carbonyl (C=O) groups is 3. The SMILES string of the molecule is CCOC(=O)c1cccc(O[C@@H](C)C(=O)Nc2ccc(C(C)=O)cc2)c1. The first-order valence-corrected chi connectivity index (χ1v) is 8.26. The van der Waals surface area contributed by atoms with Crippen molar-refractivity contribution in [2.24, 2.45) is 0 Å². The highest BCUT2D eigenvalue weighted by Crippen LogP contribution is 2.17. The molecule has 0 saturated heterocycles. The number of nitrogens with one attached hydrogen (secondary N) is 1. The lowest BCUT2D eigenvalue weighted by Crippen LogP contribution is -2.30. The molecule has 1 N–H and O–H groups in total. The van der Waals surface area contributed by atoms with Crippen LogP contribution >= 0.6 is 0 Å². The minimum atomic E-state index is -0.778. The summed E-state index contributed by atoms with van der Waals surface area (Å²) in [7, 11) is 0. The molecule has 6 nitrogen and oxygen atoms in total. The van der Waals surface area contributed by atoms with Crippen molar-refractivity contribution >= 4 is 23.3 Å². The van der Waals surface area contributed by atoms with Crippen LogP contribution in [0.2, 0.25) is 0 Å². The Bertz CT molecular complexity index is 798. The molecule has 0 radical (unpaired) electrons. The maximum Gasteiger partial charge on any atom is 0.338 e. The lowest BCUT2D eigenvalue weighted by atomic mass is 10.1. The van der Waals surface area contributed by atoms with E-state index in [2.05, 4.69) is 5.32 Å². The van der Waals surface area contributed by atoms with Crippen molar-refractivity contribution in [3.05, 3.63) is 59.7 Å². The lowest BCUT2D eigenvalue weighted by Gasteiger charge is -2.15. The van der Waals surface area contributed by atoms with Gasteiger partial charge in [-0.15, -0.1) is 0 Å². The van der Waals surface area contributed by atoms with Crippen LogP contribution < -0.4 is 10.1 Å². The zero-order valence-electron chi connectivity index (χ0n) is 14.9. The van der Waals surface area contributed by atoms with Gasteiger partial charge in [-0.1, -0.05) is 6.07 Å². The molecule has 0 bridgehead atoms. The molecule has 0 aliphatic rings. The van der Waals surface area contributed by atoms with Crippen molar-refractivity contribution in [3.63, 3.8) is 0 Å². The van der Waals surface area contributed by atoms with Crippen LogP contribution in [0.25, 0.3) is 0 Å². The number of hydrogen-bond donors (Lipinski definition) is 1. The van der Waals surface area contributed by atoms with E-state index >= 15 is 0 Å². The fourth-order valence-electron chi connectivity index (χ4n) is 2.20. The minimum Gasteiger partial charge on any atom is -0.481 e. The van der Waals surface area contributed by atoms with Crippen LogP contribution in [0.4, 0.5) is 5.69 Å². The van der Waals surface area contributed by atoms with Crippen molar-refractivity contribution in [1.29, 1.82) is 0 Å². The van der Waals surface area contributed by atoms with Crippen LogP contribution in [-0.2, 0) is 9.53 Å². The summed E-state index contributed by atoms with van der Waals surface area (Å²) in [5.74, 6) is -0.436. The zero-order chi connectivity index (χ0) is 19.1. The maximum atomic E-state index is 12.3. The second kappa shape index (κ2) is 8.80. The Morgan fingerprint density at radius 1 is 1.04 bits per heavy atom. The molecule has 2 rings (SSSR count). The molecule has 2 aromatic carbocycles. The van der Waals surface area contributed by atoms with Gasteiger partial charge >= 0.3 is 5.97 Å². The molecule has 0 unspecified atom stereocenters. The molecule has 0 heterocycles. The van der Waals surface area contributed by atoms with Crippen LogP contribution in [-0.4, -0.2) is 30.4 Å². The third-order valence-electron chi connectivity index (χ3n) is 3.59. The molecule has 0 aliphatic heterocycles. The third kappa shape index (κ3) is 5.17. The average molecular weight is 355 g/mol. The number of rotatable bonds is 7. The van der Waals surface area contributed by atoms with Gasteiger partial charge in [0.1, 0.15) is 5.75 Å². The molecular weight excluding hydrogens is 334 g/mol. The van der Waals surface area contributed by atoms with E-state index in [1.807, 2.05) is 0 Å². The highest BCUT2D eigenvalue weighted by Gasteiger charge is 2.16. The number of esters is 1. The quantitative estimate of drug-likeness (QED) is 0.607. The molecule has 6 heteroatoms. The molecule has 1 atom stereocenters. The van der Waals surface area contributed by atoms with E-state index in [4.69, 9.17) is 9.47 Å². The van der Waals surface area contributed by atoms with Gasteiger partial charge in [-0.3, -0.25) is 9.59 Å². The van der Waals surface area contributed by atoms with Gasteiger partial charge in [0.15, 0.2) is 11.9 Å². The van der Waals surface area contributed by atoms with Gasteiger partial charge in [-0.25, -0.2) is 4.79 Å². The highest BCUT2D eigenvalue weighted by atomic mass is 16.5. The van der Waals surface area contributed by atoms with E-state index in [-0.39, 0.29) is 18.3 Å². The van der Waals surface area contributed by atoms with Crippen LogP contribution in [0.5, 0.6) is 5.75 Å². The molecule has 0 aromatic heterocycles. The Hall–Kier alpha value is -3.15. The maximum absolute atomic E-state index is 12.3. The second-order valence-corrected chi connectivity index (χ2v) is 5.63. The number of anilines is 1. The Balaban J connectivity index is 1.99. The van der Waals surface area contributed by atoms with Crippen molar-refractivity contribution in [2.45, 2.75) is 26.9 Å². The Morgan fingerprint density at radius 3 is 2.35 bits per heavy atom. The van der Waals surface area contributed by atoms with E-state index in [0.717, 1.165) is 0 Å². The molecule has 0 fully saturated rings. The van der Waals surface area contributed by atoms with Crippen molar-refractivity contribution in [1.82, 2.24) is 0 Å². The summed E-state index contributed by atoms with van der Waals surface area (Å²) in [6, 6.07) is 13.1. The molecule has 0 aliphatic carbocycles. The van der Waals surface area contributed by atoms with E-state index in [0.29, 0.717) is 22.6 Å². The fraction of sp³-hybridized carbons (Fsp3) is 0.250. The fourth-order valence-corrected chi connectivity index (χ4v) is 2.20. The van der Waals surface area contributed by atoms with Gasteiger partial charge < -0.3 is 14.8 Å². The minimum absolute atomic E-state index is 0.0407. The van der Waals surface area contributed by atoms with E-state index in [9.17, 15) is 14.4 Å². The molecule has 1 amide bonds. The van der Waals surface area contributed by atoms with Crippen molar-refractivity contribution in [2.75, 3.05) is 11.9 Å². The summed E-state index contributed by atoms with van der Waals surface area (Å²) in [4.78, 5) is 35.3. The number of hydrogen-bond acceptors (Lipinski definition) is 5. The molecule has 26 heavy (non-hydrogen) atoms. The zero-order valence-corrected chi connectivity index (χ0v) is 14.9. The van der Waals surface area contributed by atoms with Crippen LogP contribution in [0.1, 0.15) is 41.5 Å². The summed E-state index contributed by atoms with van der Waals surface area (Å²) in [6.07, 6.45) is -0.778. The summed E-state index contributed by atoms with van der Waals surface area (Å²) >= 11 is 0. The lowest BCUT2D eigenvalue weighted by molar-refractivity contribution is -0.122. The number of carbonyl (C=O) groups excluding carboxylic acids is 3. The molecular formula is C20H21NO5. The van der Waals surface area contributed by atoms with Crippen LogP contribution in [0.15, 0.2) is 48.5 Å². The van der Waals surface area contributed by atoms with Crippen LogP contribution in [0.3, 0.4) is 0 Å². The summed E-state index contributed by atoms with van der Waals surface area (Å²) in [5.41, 5.74) is 1.50. The Morgan fingerprint density at radius 2 is 1.73 bits per heavy atom. The highest BCUT2D eigenvalue weighted by molar-refractivity contribution is 5.96. The third-order valence-corrected chi connectivity index (χ3v) is 3.59. The number of ketones is 1. The van der Waals surface area contributed by atoms with Gasteiger partial charge in [-0.05, 0) is 63.2 Å². The molecule has 136 valence electrons. The van der Waals surface area contributed by atoms with Crippen LogP contribution in [0, 0.1) is 0 Å². The van der Waals surface area contributed by atoms with Gasteiger partial charge in [-0.2, -0.15) is 0 Å². The monoisotopic (exact) mass is 355 g/mol. The summed E-state index contributed by atoms with van der Waals surface area (Å²) in [5, 5.41) is 2.72. The normalized spacial score (nSPS) is 11.3. The number of Topliss-reactive ketones (excluding diaryl/α,β-unsaturated/α-hetero) is 1. The number of amides is 1.